The zero-order valence-electron chi connectivity index (χ0n) is 11.7. The third-order valence-corrected chi connectivity index (χ3v) is 3.38. The lowest BCUT2D eigenvalue weighted by Gasteiger charge is -2.21. The van der Waals surface area contributed by atoms with Crippen LogP contribution in [0.5, 0.6) is 5.88 Å². The van der Waals surface area contributed by atoms with Crippen molar-refractivity contribution in [3.63, 3.8) is 0 Å². The van der Waals surface area contributed by atoms with Gasteiger partial charge < -0.3 is 15.0 Å². The molecular weight excluding hydrogens is 242 g/mol. The summed E-state index contributed by atoms with van der Waals surface area (Å²) < 4.78 is 5.08. The minimum Gasteiger partial charge on any atom is -0.481 e. The largest absolute Gasteiger partial charge is 0.481 e. The van der Waals surface area contributed by atoms with Crippen molar-refractivity contribution in [2.75, 3.05) is 13.7 Å². The molecule has 0 radical (unpaired) electrons. The summed E-state index contributed by atoms with van der Waals surface area (Å²) in [5.41, 5.74) is 0.884. The van der Waals surface area contributed by atoms with Gasteiger partial charge in [-0.2, -0.15) is 0 Å². The van der Waals surface area contributed by atoms with Gasteiger partial charge in [0, 0.05) is 25.2 Å². The highest BCUT2D eigenvalue weighted by Gasteiger charge is 2.32. The van der Waals surface area contributed by atoms with Gasteiger partial charge in [0.15, 0.2) is 0 Å². The van der Waals surface area contributed by atoms with Crippen LogP contribution >= 0.6 is 0 Å². The molecule has 1 N–H and O–H groups in total. The van der Waals surface area contributed by atoms with E-state index in [-0.39, 0.29) is 18.0 Å². The van der Waals surface area contributed by atoms with Crippen molar-refractivity contribution in [2.45, 2.75) is 38.9 Å². The number of nitrogens with one attached hydrogen (secondary N) is 1. The van der Waals surface area contributed by atoms with E-state index in [2.05, 4.69) is 10.3 Å². The van der Waals surface area contributed by atoms with Gasteiger partial charge in [-0.25, -0.2) is 4.98 Å². The molecule has 0 spiro atoms. The average Bonchev–Trinajstić information content (AvgIpc) is 2.78. The molecule has 0 unspecified atom stereocenters. The highest BCUT2D eigenvalue weighted by atomic mass is 16.5. The summed E-state index contributed by atoms with van der Waals surface area (Å²) in [4.78, 5) is 18.3. The fourth-order valence-corrected chi connectivity index (χ4v) is 2.30. The Hall–Kier alpha value is -1.62. The predicted molar refractivity (Wildman–Crippen MR) is 72.9 cm³/mol. The molecule has 0 bridgehead atoms. The molecule has 5 heteroatoms. The van der Waals surface area contributed by atoms with Crippen molar-refractivity contribution < 1.29 is 9.53 Å². The van der Waals surface area contributed by atoms with Gasteiger partial charge in [-0.05, 0) is 26.3 Å². The molecule has 0 aliphatic carbocycles. The fraction of sp³-hybridized carbons (Fsp3) is 0.571. The summed E-state index contributed by atoms with van der Waals surface area (Å²) in [7, 11) is 1.60. The number of methoxy groups -OCH3 is 1. The maximum Gasteiger partial charge on any atom is 0.240 e. The molecule has 0 saturated carbocycles. The minimum atomic E-state index is -0.0876. The first-order valence-electron chi connectivity index (χ1n) is 6.65. The lowest BCUT2D eigenvalue weighted by atomic mass is 10.2. The molecule has 5 nitrogen and oxygen atoms in total. The Bertz CT molecular complexity index is 448. The van der Waals surface area contributed by atoms with Crippen LogP contribution in [0.4, 0.5) is 0 Å². The Labute approximate surface area is 114 Å². The molecule has 1 aromatic heterocycles. The van der Waals surface area contributed by atoms with Gasteiger partial charge in [-0.3, -0.25) is 4.79 Å². The zero-order valence-corrected chi connectivity index (χ0v) is 11.7. The van der Waals surface area contributed by atoms with Crippen molar-refractivity contribution >= 4 is 5.91 Å². The van der Waals surface area contributed by atoms with E-state index in [9.17, 15) is 4.79 Å². The number of amides is 1. The smallest absolute Gasteiger partial charge is 0.240 e. The first-order valence-corrected chi connectivity index (χ1v) is 6.65. The predicted octanol–water partition coefficient (Wildman–Crippen LogP) is 1.19. The summed E-state index contributed by atoms with van der Waals surface area (Å²) in [5.74, 6) is 0.791. The molecule has 1 aliphatic rings. The van der Waals surface area contributed by atoms with E-state index < -0.39 is 0 Å². The van der Waals surface area contributed by atoms with E-state index in [0.29, 0.717) is 12.4 Å². The normalized spacial score (nSPS) is 19.3. The second-order valence-corrected chi connectivity index (χ2v) is 5.02. The number of hydrogen-bond donors (Lipinski definition) is 1. The molecule has 104 valence electrons. The van der Waals surface area contributed by atoms with Crippen molar-refractivity contribution in [3.8, 4) is 5.88 Å². The Balaban J connectivity index is 1.91. The van der Waals surface area contributed by atoms with Crippen molar-refractivity contribution in [1.29, 1.82) is 0 Å². The van der Waals surface area contributed by atoms with Crippen molar-refractivity contribution in [3.05, 3.63) is 23.9 Å². The number of rotatable bonds is 5. The maximum absolute atomic E-state index is 12.1. The number of ether oxygens (including phenoxy) is 1. The van der Waals surface area contributed by atoms with Gasteiger partial charge in [0.25, 0.3) is 0 Å². The first kappa shape index (κ1) is 13.8. The SMILES string of the molecule is COc1cccc(CN[C@@H]2CCN(C(C)C)C2=O)n1. The van der Waals surface area contributed by atoms with Gasteiger partial charge in [0.2, 0.25) is 11.8 Å². The van der Waals surface area contributed by atoms with Crippen LogP contribution in [0, 0.1) is 0 Å². The van der Waals surface area contributed by atoms with Gasteiger partial charge in [0.05, 0.1) is 18.8 Å². The second kappa shape index (κ2) is 6.02. The van der Waals surface area contributed by atoms with Crippen LogP contribution in [0.2, 0.25) is 0 Å². The molecular formula is C14H21N3O2. The standard InChI is InChI=1S/C14H21N3O2/c1-10(2)17-8-7-12(14(17)18)15-9-11-5-4-6-13(16-11)19-3/h4-6,10,12,15H,7-9H2,1-3H3/t12-/m1/s1. The molecule has 1 atom stereocenters. The number of pyridine rings is 1. The molecule has 1 aromatic rings. The van der Waals surface area contributed by atoms with Crippen molar-refractivity contribution in [1.82, 2.24) is 15.2 Å². The third-order valence-electron chi connectivity index (χ3n) is 3.38. The molecule has 1 saturated heterocycles. The van der Waals surface area contributed by atoms with Gasteiger partial charge in [-0.1, -0.05) is 6.07 Å². The Kier molecular flexibility index (Phi) is 4.37. The first-order chi connectivity index (χ1) is 9.11. The van der Waals surface area contributed by atoms with E-state index in [0.717, 1.165) is 18.7 Å². The Morgan fingerprint density at radius 1 is 1.53 bits per heavy atom. The molecule has 1 fully saturated rings. The van der Waals surface area contributed by atoms with Gasteiger partial charge in [0.1, 0.15) is 0 Å². The number of carbonyl (C=O) groups is 1. The van der Waals surface area contributed by atoms with Crippen molar-refractivity contribution in [2.24, 2.45) is 0 Å². The molecule has 2 heterocycles. The number of carbonyl (C=O) groups excluding carboxylic acids is 1. The van der Waals surface area contributed by atoms with Gasteiger partial charge in [-0.15, -0.1) is 0 Å². The fourth-order valence-electron chi connectivity index (χ4n) is 2.30. The quantitative estimate of drug-likeness (QED) is 0.867. The summed E-state index contributed by atoms with van der Waals surface area (Å²) in [6, 6.07) is 5.82. The van der Waals surface area contributed by atoms with Crippen LogP contribution in [0.15, 0.2) is 18.2 Å². The highest BCUT2D eigenvalue weighted by molar-refractivity contribution is 5.84. The maximum atomic E-state index is 12.1. The Morgan fingerprint density at radius 2 is 2.32 bits per heavy atom. The molecule has 0 aromatic carbocycles. The molecule has 2 rings (SSSR count). The number of likely N-dealkylation sites (tertiary alicyclic amines) is 1. The zero-order chi connectivity index (χ0) is 13.8. The average molecular weight is 263 g/mol. The number of hydrogen-bond acceptors (Lipinski definition) is 4. The second-order valence-electron chi connectivity index (χ2n) is 5.02. The van der Waals surface area contributed by atoms with Gasteiger partial charge >= 0.3 is 0 Å². The van der Waals surface area contributed by atoms with E-state index in [4.69, 9.17) is 4.74 Å². The lowest BCUT2D eigenvalue weighted by molar-refractivity contribution is -0.130. The van der Waals surface area contributed by atoms with E-state index in [1.807, 2.05) is 36.9 Å². The lowest BCUT2D eigenvalue weighted by Crippen LogP contribution is -2.40. The minimum absolute atomic E-state index is 0.0876. The van der Waals surface area contributed by atoms with E-state index in [1.165, 1.54) is 0 Å². The van der Waals surface area contributed by atoms with E-state index >= 15 is 0 Å². The van der Waals surface area contributed by atoms with E-state index in [1.54, 1.807) is 7.11 Å². The molecule has 1 amide bonds. The summed E-state index contributed by atoms with van der Waals surface area (Å²) >= 11 is 0. The van der Waals surface area contributed by atoms with Crippen LogP contribution in [-0.4, -0.2) is 41.5 Å². The summed E-state index contributed by atoms with van der Waals surface area (Å²) in [6.45, 7) is 5.51. The number of aromatic nitrogens is 1. The summed E-state index contributed by atoms with van der Waals surface area (Å²) in [5, 5.41) is 3.27. The Morgan fingerprint density at radius 3 is 2.95 bits per heavy atom. The topological polar surface area (TPSA) is 54.5 Å². The van der Waals surface area contributed by atoms with Crippen LogP contribution < -0.4 is 10.1 Å². The monoisotopic (exact) mass is 263 g/mol. The summed E-state index contributed by atoms with van der Waals surface area (Å²) in [6.07, 6.45) is 0.862. The van der Waals surface area contributed by atoms with Crippen LogP contribution in [0.1, 0.15) is 26.0 Å². The highest BCUT2D eigenvalue weighted by Crippen LogP contribution is 2.15. The molecule has 19 heavy (non-hydrogen) atoms. The van der Waals surface area contributed by atoms with Crippen LogP contribution in [0.25, 0.3) is 0 Å². The number of nitrogens with zero attached hydrogens (tertiary/aromatic N) is 2. The van der Waals surface area contributed by atoms with Crippen LogP contribution in [-0.2, 0) is 11.3 Å². The van der Waals surface area contributed by atoms with Crippen LogP contribution in [0.3, 0.4) is 0 Å². The molecule has 1 aliphatic heterocycles. The third kappa shape index (κ3) is 3.23.